The number of nitrogens with one attached hydrogen (secondary N) is 1. The highest BCUT2D eigenvalue weighted by Gasteiger charge is 2.33. The number of fused-ring (bicyclic) bond motifs is 2. The van der Waals surface area contributed by atoms with Crippen molar-refractivity contribution in [2.45, 2.75) is 32.0 Å². The van der Waals surface area contributed by atoms with Crippen molar-refractivity contribution in [2.24, 2.45) is 0 Å². The molecule has 1 atom stereocenters. The minimum atomic E-state index is -0.855. The molecule has 2 N–H and O–H groups in total. The van der Waals surface area contributed by atoms with E-state index in [1.807, 2.05) is 17.0 Å². The summed E-state index contributed by atoms with van der Waals surface area (Å²) >= 11 is 0. The first-order valence-electron chi connectivity index (χ1n) is 8.60. The fourth-order valence-electron chi connectivity index (χ4n) is 3.46. The normalized spacial score (nSPS) is 19.5. The van der Waals surface area contributed by atoms with Crippen molar-refractivity contribution in [3.05, 3.63) is 35.4 Å². The van der Waals surface area contributed by atoms with Crippen LogP contribution < -0.4 is 14.2 Å². The van der Waals surface area contributed by atoms with E-state index in [9.17, 15) is 9.90 Å². The van der Waals surface area contributed by atoms with Gasteiger partial charge in [0.2, 0.25) is 0 Å². The van der Waals surface area contributed by atoms with Gasteiger partial charge in [0.25, 0.3) is 0 Å². The van der Waals surface area contributed by atoms with Crippen molar-refractivity contribution >= 4 is 5.97 Å². The first-order chi connectivity index (χ1) is 12.7. The van der Waals surface area contributed by atoms with Crippen LogP contribution in [0.2, 0.25) is 0 Å². The van der Waals surface area contributed by atoms with Crippen LogP contribution in [-0.4, -0.2) is 52.3 Å². The molecular formula is C18H21N3O5. The van der Waals surface area contributed by atoms with Gasteiger partial charge in [-0.05, 0) is 6.07 Å². The molecule has 0 unspecified atom stereocenters. The predicted molar refractivity (Wildman–Crippen MR) is 91.6 cm³/mol. The number of methoxy groups -OCH3 is 1. The summed E-state index contributed by atoms with van der Waals surface area (Å²) in [6, 6.07) is 3.07. The van der Waals surface area contributed by atoms with E-state index in [0.717, 1.165) is 23.4 Å². The quantitative estimate of drug-likeness (QED) is 0.856. The number of ether oxygens (including phenoxy) is 3. The van der Waals surface area contributed by atoms with Crippen molar-refractivity contribution in [3.63, 3.8) is 0 Å². The molecule has 0 aliphatic carbocycles. The molecule has 2 aliphatic rings. The SMILES string of the molecule is COc1cc2c(cc1CN1Cc3[nH]cnc3C[C@H]1C(=O)O)OCCCO2. The number of H-pyrrole nitrogens is 1. The zero-order chi connectivity index (χ0) is 18.1. The van der Waals surface area contributed by atoms with Crippen molar-refractivity contribution < 1.29 is 24.1 Å². The van der Waals surface area contributed by atoms with Gasteiger partial charge in [0.05, 0.1) is 38.0 Å². The van der Waals surface area contributed by atoms with Crippen LogP contribution in [0.4, 0.5) is 0 Å². The van der Waals surface area contributed by atoms with Crippen molar-refractivity contribution in [1.29, 1.82) is 0 Å². The van der Waals surface area contributed by atoms with Crippen LogP contribution in [0, 0.1) is 0 Å². The van der Waals surface area contributed by atoms with Crippen molar-refractivity contribution in [1.82, 2.24) is 14.9 Å². The summed E-state index contributed by atoms with van der Waals surface area (Å²) in [5, 5.41) is 9.65. The molecule has 0 saturated carbocycles. The zero-order valence-electron chi connectivity index (χ0n) is 14.5. The Morgan fingerprint density at radius 2 is 2.15 bits per heavy atom. The lowest BCUT2D eigenvalue weighted by molar-refractivity contribution is -0.144. The lowest BCUT2D eigenvalue weighted by atomic mass is 10.0. The van der Waals surface area contributed by atoms with Gasteiger partial charge in [-0.2, -0.15) is 0 Å². The number of hydrogen-bond acceptors (Lipinski definition) is 6. The number of hydrogen-bond donors (Lipinski definition) is 2. The Kier molecular flexibility index (Phi) is 4.42. The Labute approximate surface area is 150 Å². The number of aromatic nitrogens is 2. The number of aromatic amines is 1. The molecule has 138 valence electrons. The van der Waals surface area contributed by atoms with E-state index in [4.69, 9.17) is 14.2 Å². The molecular weight excluding hydrogens is 338 g/mol. The summed E-state index contributed by atoms with van der Waals surface area (Å²) in [6.45, 7) is 2.11. The molecule has 0 amide bonds. The standard InChI is InChI=1S/C18H21N3O5/c1-24-15-7-17-16(25-3-2-4-26-17)5-11(15)8-21-9-13-12(19-10-20-13)6-14(21)18(22)23/h5,7,10,14H,2-4,6,8-9H2,1H3,(H,19,20)(H,22,23)/t14-/m0/s1. The lowest BCUT2D eigenvalue weighted by Crippen LogP contribution is -2.45. The largest absolute Gasteiger partial charge is 0.496 e. The first kappa shape index (κ1) is 16.7. The molecule has 1 aromatic heterocycles. The first-order valence-corrected chi connectivity index (χ1v) is 8.60. The molecule has 0 fully saturated rings. The molecule has 0 radical (unpaired) electrons. The number of carboxylic acids is 1. The molecule has 8 heteroatoms. The lowest BCUT2D eigenvalue weighted by Gasteiger charge is -2.32. The number of aliphatic carboxylic acids is 1. The smallest absolute Gasteiger partial charge is 0.321 e. The Morgan fingerprint density at radius 3 is 2.88 bits per heavy atom. The van der Waals surface area contributed by atoms with E-state index in [1.54, 1.807) is 13.4 Å². The minimum absolute atomic E-state index is 0.376. The maximum Gasteiger partial charge on any atom is 0.321 e. The van der Waals surface area contributed by atoms with Gasteiger partial charge >= 0.3 is 5.97 Å². The maximum absolute atomic E-state index is 11.8. The molecule has 2 aromatic rings. The Bertz CT molecular complexity index is 819. The van der Waals surface area contributed by atoms with Gasteiger partial charge in [-0.15, -0.1) is 0 Å². The number of benzene rings is 1. The van der Waals surface area contributed by atoms with E-state index in [2.05, 4.69) is 9.97 Å². The highest BCUT2D eigenvalue weighted by atomic mass is 16.5. The molecule has 0 spiro atoms. The second-order valence-electron chi connectivity index (χ2n) is 6.45. The molecule has 0 saturated heterocycles. The van der Waals surface area contributed by atoms with Crippen LogP contribution in [0.3, 0.4) is 0 Å². The maximum atomic E-state index is 11.8. The highest BCUT2D eigenvalue weighted by molar-refractivity contribution is 5.74. The number of carbonyl (C=O) groups is 1. The second-order valence-corrected chi connectivity index (χ2v) is 6.45. The number of rotatable bonds is 4. The third-order valence-corrected chi connectivity index (χ3v) is 4.81. The highest BCUT2D eigenvalue weighted by Crippen LogP contribution is 2.37. The zero-order valence-corrected chi connectivity index (χ0v) is 14.5. The Morgan fingerprint density at radius 1 is 1.38 bits per heavy atom. The predicted octanol–water partition coefficient (Wildman–Crippen LogP) is 1.59. The summed E-state index contributed by atoms with van der Waals surface area (Å²) in [4.78, 5) is 21.0. The van der Waals surface area contributed by atoms with E-state index < -0.39 is 12.0 Å². The summed E-state index contributed by atoms with van der Waals surface area (Å²) in [6.07, 6.45) is 2.81. The summed E-state index contributed by atoms with van der Waals surface area (Å²) in [7, 11) is 1.60. The van der Waals surface area contributed by atoms with Crippen molar-refractivity contribution in [3.8, 4) is 17.2 Å². The molecule has 26 heavy (non-hydrogen) atoms. The second kappa shape index (κ2) is 6.87. The Balaban J connectivity index is 1.65. The molecule has 8 nitrogen and oxygen atoms in total. The van der Waals surface area contributed by atoms with Gasteiger partial charge in [0.1, 0.15) is 11.8 Å². The van der Waals surface area contributed by atoms with Gasteiger partial charge in [0, 0.05) is 37.6 Å². The topological polar surface area (TPSA) is 96.9 Å². The van der Waals surface area contributed by atoms with Crippen molar-refractivity contribution in [2.75, 3.05) is 20.3 Å². The van der Waals surface area contributed by atoms with Gasteiger partial charge in [-0.25, -0.2) is 4.98 Å². The molecule has 3 heterocycles. The van der Waals surface area contributed by atoms with Crippen LogP contribution in [0.1, 0.15) is 23.4 Å². The fraction of sp³-hybridized carbons (Fsp3) is 0.444. The van der Waals surface area contributed by atoms with Crippen LogP contribution in [0.5, 0.6) is 17.2 Å². The number of carboxylic acid groups (broad SMARTS) is 1. The Hall–Kier alpha value is -2.74. The van der Waals surface area contributed by atoms with Crippen LogP contribution in [0.25, 0.3) is 0 Å². The van der Waals surface area contributed by atoms with Crippen LogP contribution in [0.15, 0.2) is 18.5 Å². The van der Waals surface area contributed by atoms with E-state index >= 15 is 0 Å². The van der Waals surface area contributed by atoms with Gasteiger partial charge < -0.3 is 24.3 Å². The molecule has 1 aromatic carbocycles. The third-order valence-electron chi connectivity index (χ3n) is 4.81. The van der Waals surface area contributed by atoms with E-state index in [1.165, 1.54) is 0 Å². The summed E-state index contributed by atoms with van der Waals surface area (Å²) < 4.78 is 17.0. The van der Waals surface area contributed by atoms with Crippen LogP contribution in [-0.2, 0) is 24.3 Å². The molecule has 0 bridgehead atoms. The number of imidazole rings is 1. The monoisotopic (exact) mass is 359 g/mol. The van der Waals surface area contributed by atoms with Crippen LogP contribution >= 0.6 is 0 Å². The third kappa shape index (κ3) is 3.08. The summed E-state index contributed by atoms with van der Waals surface area (Å²) in [5.41, 5.74) is 2.64. The molecule has 4 rings (SSSR count). The van der Waals surface area contributed by atoms with Gasteiger partial charge in [-0.3, -0.25) is 9.69 Å². The average Bonchev–Trinajstić information content (AvgIpc) is 2.97. The fourth-order valence-corrected chi connectivity index (χ4v) is 3.46. The average molecular weight is 359 g/mol. The van der Waals surface area contributed by atoms with Gasteiger partial charge in [-0.1, -0.05) is 0 Å². The summed E-state index contributed by atoms with van der Waals surface area (Å²) in [5.74, 6) is 1.14. The van der Waals surface area contributed by atoms with E-state index in [-0.39, 0.29) is 0 Å². The van der Waals surface area contributed by atoms with Gasteiger partial charge in [0.15, 0.2) is 11.5 Å². The minimum Gasteiger partial charge on any atom is -0.496 e. The number of nitrogens with zero attached hydrogens (tertiary/aromatic N) is 2. The molecule has 2 aliphatic heterocycles. The van der Waals surface area contributed by atoms with E-state index in [0.29, 0.717) is 50.0 Å².